The number of carbonyl (C=O) groups excluding carboxylic acids is 2. The van der Waals surface area contributed by atoms with E-state index in [9.17, 15) is 19.7 Å². The highest BCUT2D eigenvalue weighted by molar-refractivity contribution is 6.22. The Bertz CT molecular complexity index is 737. The number of hydrogen-bond acceptors (Lipinski definition) is 4. The number of nitrogens with zero attached hydrogens (tertiary/aromatic N) is 2. The highest BCUT2D eigenvalue weighted by atomic mass is 16.6. The van der Waals surface area contributed by atoms with Gasteiger partial charge in [0.2, 0.25) is 11.8 Å². The molecule has 1 heterocycles. The van der Waals surface area contributed by atoms with E-state index in [-0.39, 0.29) is 41.2 Å². The van der Waals surface area contributed by atoms with Crippen molar-refractivity contribution in [2.24, 2.45) is 23.7 Å². The van der Waals surface area contributed by atoms with Crippen LogP contribution in [0.15, 0.2) is 35.9 Å². The number of hydrogen-bond donors (Lipinski definition) is 0. The van der Waals surface area contributed by atoms with Crippen LogP contribution in [0.3, 0.4) is 0 Å². The maximum atomic E-state index is 12.7. The van der Waals surface area contributed by atoms with Crippen molar-refractivity contribution in [1.82, 2.24) is 0 Å². The number of fused-ring (bicyclic) bond motifs is 5. The van der Waals surface area contributed by atoms with Gasteiger partial charge in [-0.2, -0.15) is 0 Å². The molecule has 112 valence electrons. The zero-order chi connectivity index (χ0) is 15.6. The zero-order valence-electron chi connectivity index (χ0n) is 11.9. The summed E-state index contributed by atoms with van der Waals surface area (Å²) in [7, 11) is 0. The van der Waals surface area contributed by atoms with Gasteiger partial charge in [0.25, 0.3) is 5.69 Å². The van der Waals surface area contributed by atoms with E-state index in [4.69, 9.17) is 0 Å². The lowest BCUT2D eigenvalue weighted by atomic mass is 9.82. The summed E-state index contributed by atoms with van der Waals surface area (Å²) in [5, 5.41) is 10.7. The van der Waals surface area contributed by atoms with Crippen molar-refractivity contribution in [2.75, 3.05) is 4.90 Å². The summed E-state index contributed by atoms with van der Waals surface area (Å²) in [6.45, 7) is 2.02. The van der Waals surface area contributed by atoms with E-state index < -0.39 is 4.92 Å². The van der Waals surface area contributed by atoms with E-state index in [2.05, 4.69) is 6.08 Å². The molecule has 6 nitrogen and oxygen atoms in total. The zero-order valence-corrected chi connectivity index (χ0v) is 11.9. The van der Waals surface area contributed by atoms with E-state index in [1.807, 2.05) is 6.92 Å². The molecular weight excluding hydrogens is 284 g/mol. The fraction of sp³-hybridized carbons (Fsp3) is 0.375. The Hall–Kier alpha value is -2.50. The molecule has 3 aliphatic rings. The maximum absolute atomic E-state index is 12.7. The molecule has 1 aliphatic heterocycles. The van der Waals surface area contributed by atoms with Crippen LogP contribution < -0.4 is 4.90 Å². The number of allylic oxidation sites excluding steroid dienone is 2. The van der Waals surface area contributed by atoms with Gasteiger partial charge in [0.05, 0.1) is 22.4 Å². The fourth-order valence-electron chi connectivity index (χ4n) is 4.25. The van der Waals surface area contributed by atoms with Gasteiger partial charge in [0.15, 0.2) is 0 Å². The lowest BCUT2D eigenvalue weighted by Gasteiger charge is -2.19. The smallest absolute Gasteiger partial charge is 0.269 e. The Morgan fingerprint density at radius 3 is 2.41 bits per heavy atom. The molecule has 0 unspecified atom stereocenters. The minimum Gasteiger partial charge on any atom is -0.274 e. The molecule has 2 fully saturated rings. The van der Waals surface area contributed by atoms with Crippen LogP contribution in [0.1, 0.15) is 13.3 Å². The van der Waals surface area contributed by atoms with Crippen LogP contribution >= 0.6 is 0 Å². The third-order valence-electron chi connectivity index (χ3n) is 5.20. The quantitative estimate of drug-likeness (QED) is 0.363. The summed E-state index contributed by atoms with van der Waals surface area (Å²) in [5.74, 6) is -0.498. The summed E-state index contributed by atoms with van der Waals surface area (Å²) in [6, 6.07) is 5.58. The number of benzene rings is 1. The molecule has 0 aromatic heterocycles. The molecule has 1 saturated heterocycles. The molecule has 2 aliphatic carbocycles. The Morgan fingerprint density at radius 1 is 1.14 bits per heavy atom. The van der Waals surface area contributed by atoms with Crippen molar-refractivity contribution in [3.8, 4) is 0 Å². The Labute approximate surface area is 126 Å². The summed E-state index contributed by atoms with van der Waals surface area (Å²) in [6.07, 6.45) is 3.02. The Kier molecular flexibility index (Phi) is 2.55. The molecule has 0 spiro atoms. The van der Waals surface area contributed by atoms with Crippen molar-refractivity contribution in [2.45, 2.75) is 13.3 Å². The van der Waals surface area contributed by atoms with Gasteiger partial charge in [-0.15, -0.1) is 0 Å². The Balaban J connectivity index is 1.69. The number of imide groups is 1. The maximum Gasteiger partial charge on any atom is 0.269 e. The standard InChI is InChI=1S/C16H14N2O4/c1-8-6-9-7-12(8)14-13(9)15(19)17(16(14)20)10-2-4-11(5-3-10)18(21)22/h2-6,9,12-14H,7H2,1H3/t9-,12-,13-,14-/m0/s1. The van der Waals surface area contributed by atoms with Crippen LogP contribution in [0.5, 0.6) is 0 Å². The molecule has 1 aromatic rings. The van der Waals surface area contributed by atoms with Gasteiger partial charge in [0.1, 0.15) is 0 Å². The first-order chi connectivity index (χ1) is 10.5. The number of rotatable bonds is 2. The number of nitro groups is 1. The number of amides is 2. The van der Waals surface area contributed by atoms with E-state index in [1.165, 1.54) is 34.7 Å². The average Bonchev–Trinajstić information content (AvgIpc) is 3.11. The molecule has 0 radical (unpaired) electrons. The van der Waals surface area contributed by atoms with E-state index in [0.717, 1.165) is 6.42 Å². The van der Waals surface area contributed by atoms with Crippen LogP contribution in [0, 0.1) is 33.8 Å². The molecule has 1 saturated carbocycles. The summed E-state index contributed by atoms with van der Waals surface area (Å²) in [4.78, 5) is 36.8. The molecule has 1 aromatic carbocycles. The third-order valence-corrected chi connectivity index (χ3v) is 5.20. The molecule has 4 rings (SSSR count). The molecular formula is C16H14N2O4. The third kappa shape index (κ3) is 1.55. The van der Waals surface area contributed by atoms with Gasteiger partial charge in [-0.25, -0.2) is 0 Å². The first-order valence-corrected chi connectivity index (χ1v) is 7.29. The molecule has 22 heavy (non-hydrogen) atoms. The first-order valence-electron chi connectivity index (χ1n) is 7.29. The lowest BCUT2D eigenvalue weighted by molar-refractivity contribution is -0.384. The van der Waals surface area contributed by atoms with Crippen molar-refractivity contribution in [3.63, 3.8) is 0 Å². The van der Waals surface area contributed by atoms with Gasteiger partial charge >= 0.3 is 0 Å². The highest BCUT2D eigenvalue weighted by Gasteiger charge is 2.60. The van der Waals surface area contributed by atoms with Crippen molar-refractivity contribution >= 4 is 23.2 Å². The molecule has 2 bridgehead atoms. The summed E-state index contributed by atoms with van der Waals surface area (Å²) >= 11 is 0. The number of anilines is 1. The molecule has 0 N–H and O–H groups in total. The highest BCUT2D eigenvalue weighted by Crippen LogP contribution is 2.55. The number of non-ortho nitro benzene ring substituents is 1. The van der Waals surface area contributed by atoms with Crippen molar-refractivity contribution in [1.29, 1.82) is 0 Å². The lowest BCUT2D eigenvalue weighted by Crippen LogP contribution is -2.32. The monoisotopic (exact) mass is 298 g/mol. The number of carbonyl (C=O) groups is 2. The Morgan fingerprint density at radius 2 is 1.77 bits per heavy atom. The van der Waals surface area contributed by atoms with E-state index in [0.29, 0.717) is 5.69 Å². The topological polar surface area (TPSA) is 80.5 Å². The second-order valence-corrected chi connectivity index (χ2v) is 6.25. The predicted octanol–water partition coefficient (Wildman–Crippen LogP) is 2.30. The van der Waals surface area contributed by atoms with Gasteiger partial charge in [-0.3, -0.25) is 24.6 Å². The molecule has 4 atom stereocenters. The van der Waals surface area contributed by atoms with Gasteiger partial charge in [-0.05, 0) is 37.3 Å². The van der Waals surface area contributed by atoms with Crippen LogP contribution in [-0.4, -0.2) is 16.7 Å². The van der Waals surface area contributed by atoms with Gasteiger partial charge in [0, 0.05) is 12.1 Å². The molecule has 6 heteroatoms. The van der Waals surface area contributed by atoms with Crippen molar-refractivity contribution < 1.29 is 14.5 Å². The first kappa shape index (κ1) is 13.2. The second-order valence-electron chi connectivity index (χ2n) is 6.25. The van der Waals surface area contributed by atoms with E-state index >= 15 is 0 Å². The van der Waals surface area contributed by atoms with Crippen LogP contribution in [-0.2, 0) is 9.59 Å². The van der Waals surface area contributed by atoms with Gasteiger partial charge < -0.3 is 0 Å². The number of nitro benzene ring substituents is 1. The predicted molar refractivity (Wildman–Crippen MR) is 77.9 cm³/mol. The second kappa shape index (κ2) is 4.25. The minimum absolute atomic E-state index is 0.0550. The largest absolute Gasteiger partial charge is 0.274 e. The van der Waals surface area contributed by atoms with Crippen LogP contribution in [0.2, 0.25) is 0 Å². The van der Waals surface area contributed by atoms with Crippen molar-refractivity contribution in [3.05, 3.63) is 46.0 Å². The normalized spacial score (nSPS) is 32.4. The van der Waals surface area contributed by atoms with Crippen LogP contribution in [0.4, 0.5) is 11.4 Å². The summed E-state index contributed by atoms with van der Waals surface area (Å²) in [5.41, 5.74) is 1.57. The molecule has 2 amide bonds. The fourth-order valence-corrected chi connectivity index (χ4v) is 4.25. The minimum atomic E-state index is -0.500. The van der Waals surface area contributed by atoms with Gasteiger partial charge in [-0.1, -0.05) is 11.6 Å². The average molecular weight is 298 g/mol. The van der Waals surface area contributed by atoms with E-state index in [1.54, 1.807) is 0 Å². The van der Waals surface area contributed by atoms with Crippen LogP contribution in [0.25, 0.3) is 0 Å². The summed E-state index contributed by atoms with van der Waals surface area (Å²) < 4.78 is 0. The SMILES string of the molecule is CC1=C[C@H]2C[C@@H]1[C@@H]1C(=O)N(c3ccc([N+](=O)[O-])cc3)C(=O)[C@H]12.